The number of pyridine rings is 1. The first-order valence-electron chi connectivity index (χ1n) is 6.82. The van der Waals surface area contributed by atoms with Crippen molar-refractivity contribution >= 4 is 28.5 Å². The van der Waals surface area contributed by atoms with Crippen LogP contribution >= 0.6 is 11.6 Å². The van der Waals surface area contributed by atoms with Gasteiger partial charge in [-0.1, -0.05) is 0 Å². The quantitative estimate of drug-likeness (QED) is 0.622. The first-order chi connectivity index (χ1) is 10.2. The Labute approximate surface area is 128 Å². The number of hydrogen-bond acceptors (Lipinski definition) is 4. The number of alkyl halides is 1. The lowest BCUT2D eigenvalue weighted by molar-refractivity contribution is -0.124. The van der Waals surface area contributed by atoms with Gasteiger partial charge in [-0.15, -0.1) is 11.6 Å². The van der Waals surface area contributed by atoms with Crippen LogP contribution in [0.25, 0.3) is 11.0 Å². The standard InChI is InChI=1S/C14H19ClN4O2/c1-10(14(20)17-7-8-21-2)19-12-4-6-16-9-11(12)18-13(19)3-5-15/h4,6,9-10H,3,5,7-8H2,1-2H3,(H,17,20). The molecule has 6 nitrogen and oxygen atoms in total. The molecule has 1 unspecified atom stereocenters. The minimum atomic E-state index is -0.368. The number of carbonyl (C=O) groups is 1. The van der Waals surface area contributed by atoms with E-state index in [0.717, 1.165) is 16.9 Å². The Bertz CT molecular complexity index is 614. The minimum Gasteiger partial charge on any atom is -0.383 e. The summed E-state index contributed by atoms with van der Waals surface area (Å²) in [5.41, 5.74) is 1.66. The predicted molar refractivity (Wildman–Crippen MR) is 81.5 cm³/mol. The molecule has 0 fully saturated rings. The summed E-state index contributed by atoms with van der Waals surface area (Å²) in [6.45, 7) is 2.82. The van der Waals surface area contributed by atoms with Crippen LogP contribution in [0.2, 0.25) is 0 Å². The molecule has 1 amide bonds. The number of halogens is 1. The molecule has 2 aromatic rings. The number of amides is 1. The summed E-state index contributed by atoms with van der Waals surface area (Å²) in [7, 11) is 1.60. The molecule has 0 aliphatic heterocycles. The third kappa shape index (κ3) is 3.51. The first-order valence-corrected chi connectivity index (χ1v) is 7.36. The zero-order valence-electron chi connectivity index (χ0n) is 12.2. The van der Waals surface area contributed by atoms with Crippen molar-refractivity contribution in [2.24, 2.45) is 0 Å². The second kappa shape index (κ2) is 7.38. The number of carbonyl (C=O) groups excluding carboxylic acids is 1. The van der Waals surface area contributed by atoms with Crippen LogP contribution < -0.4 is 5.32 Å². The average molecular weight is 311 g/mol. The second-order valence-corrected chi connectivity index (χ2v) is 5.04. The van der Waals surface area contributed by atoms with E-state index in [1.54, 1.807) is 19.5 Å². The van der Waals surface area contributed by atoms with E-state index in [1.807, 2.05) is 17.6 Å². The average Bonchev–Trinajstić information content (AvgIpc) is 2.85. The van der Waals surface area contributed by atoms with E-state index in [1.165, 1.54) is 0 Å². The van der Waals surface area contributed by atoms with Gasteiger partial charge in [0.15, 0.2) is 0 Å². The molecule has 1 N–H and O–H groups in total. The Morgan fingerprint density at radius 2 is 2.38 bits per heavy atom. The molecular formula is C14H19ClN4O2. The summed E-state index contributed by atoms with van der Waals surface area (Å²) in [5.74, 6) is 1.18. The fraction of sp³-hybridized carbons (Fsp3) is 0.500. The van der Waals surface area contributed by atoms with Gasteiger partial charge >= 0.3 is 0 Å². The third-order valence-electron chi connectivity index (χ3n) is 3.26. The molecule has 1 atom stereocenters. The van der Waals surface area contributed by atoms with Gasteiger partial charge in [0.2, 0.25) is 5.91 Å². The van der Waals surface area contributed by atoms with Gasteiger partial charge < -0.3 is 14.6 Å². The maximum absolute atomic E-state index is 12.3. The molecule has 2 rings (SSSR count). The van der Waals surface area contributed by atoms with Gasteiger partial charge in [-0.25, -0.2) is 4.98 Å². The van der Waals surface area contributed by atoms with Crippen molar-refractivity contribution in [3.63, 3.8) is 0 Å². The molecule has 0 saturated heterocycles. The maximum Gasteiger partial charge on any atom is 0.242 e. The van der Waals surface area contributed by atoms with Crippen molar-refractivity contribution < 1.29 is 9.53 Å². The molecule has 0 saturated carbocycles. The number of aromatic nitrogens is 3. The molecular weight excluding hydrogens is 292 g/mol. The number of fused-ring (bicyclic) bond motifs is 1. The molecule has 0 bridgehead atoms. The number of hydrogen-bond donors (Lipinski definition) is 1. The number of imidazole rings is 1. The number of nitrogens with zero attached hydrogens (tertiary/aromatic N) is 3. The third-order valence-corrected chi connectivity index (χ3v) is 3.44. The summed E-state index contributed by atoms with van der Waals surface area (Å²) in [4.78, 5) is 20.8. The van der Waals surface area contributed by atoms with Crippen LogP contribution in [0.1, 0.15) is 18.8 Å². The number of ether oxygens (including phenoxy) is 1. The van der Waals surface area contributed by atoms with Gasteiger partial charge in [0.1, 0.15) is 17.4 Å². The Morgan fingerprint density at radius 3 is 3.10 bits per heavy atom. The highest BCUT2D eigenvalue weighted by Gasteiger charge is 2.20. The highest BCUT2D eigenvalue weighted by molar-refractivity contribution is 6.17. The van der Waals surface area contributed by atoms with E-state index in [9.17, 15) is 4.79 Å². The van der Waals surface area contributed by atoms with Gasteiger partial charge in [-0.05, 0) is 13.0 Å². The Hall–Kier alpha value is -1.66. The monoisotopic (exact) mass is 310 g/mol. The molecule has 2 heterocycles. The molecule has 2 aromatic heterocycles. The van der Waals surface area contributed by atoms with Crippen molar-refractivity contribution in [2.45, 2.75) is 19.4 Å². The second-order valence-electron chi connectivity index (χ2n) is 4.66. The molecule has 0 aliphatic carbocycles. The lowest BCUT2D eigenvalue weighted by atomic mass is 10.2. The number of methoxy groups -OCH3 is 1. The number of aryl methyl sites for hydroxylation is 1. The summed E-state index contributed by atoms with van der Waals surface area (Å²) in [5, 5.41) is 2.84. The van der Waals surface area contributed by atoms with Crippen LogP contribution in [-0.4, -0.2) is 46.6 Å². The van der Waals surface area contributed by atoms with E-state index >= 15 is 0 Å². The van der Waals surface area contributed by atoms with Crippen LogP contribution in [0.3, 0.4) is 0 Å². The van der Waals surface area contributed by atoms with E-state index < -0.39 is 0 Å². The molecule has 0 aromatic carbocycles. The van der Waals surface area contributed by atoms with Crippen LogP contribution in [0.4, 0.5) is 0 Å². The fourth-order valence-electron chi connectivity index (χ4n) is 2.23. The number of nitrogens with one attached hydrogen (secondary N) is 1. The summed E-state index contributed by atoms with van der Waals surface area (Å²) in [6.07, 6.45) is 3.99. The van der Waals surface area contributed by atoms with Crippen molar-refractivity contribution in [1.82, 2.24) is 19.9 Å². The van der Waals surface area contributed by atoms with Crippen LogP contribution in [0.15, 0.2) is 18.5 Å². The van der Waals surface area contributed by atoms with Crippen LogP contribution in [0.5, 0.6) is 0 Å². The lowest BCUT2D eigenvalue weighted by Crippen LogP contribution is -2.33. The normalized spacial score (nSPS) is 12.5. The largest absolute Gasteiger partial charge is 0.383 e. The summed E-state index contributed by atoms with van der Waals surface area (Å²) in [6, 6.07) is 1.49. The van der Waals surface area contributed by atoms with Gasteiger partial charge in [-0.3, -0.25) is 9.78 Å². The predicted octanol–water partition coefficient (Wildman–Crippen LogP) is 1.54. The molecule has 0 spiro atoms. The fourth-order valence-corrected chi connectivity index (χ4v) is 2.40. The topological polar surface area (TPSA) is 69.0 Å². The Morgan fingerprint density at radius 1 is 1.57 bits per heavy atom. The maximum atomic E-state index is 12.3. The van der Waals surface area contributed by atoms with E-state index in [0.29, 0.717) is 25.5 Å². The summed E-state index contributed by atoms with van der Waals surface area (Å²) >= 11 is 5.84. The zero-order valence-corrected chi connectivity index (χ0v) is 12.9. The van der Waals surface area contributed by atoms with Gasteiger partial charge in [0, 0.05) is 32.2 Å². The Balaban J connectivity index is 2.29. The van der Waals surface area contributed by atoms with Crippen molar-refractivity contribution in [2.75, 3.05) is 26.1 Å². The molecule has 0 aliphatic rings. The van der Waals surface area contributed by atoms with E-state index in [4.69, 9.17) is 16.3 Å². The smallest absolute Gasteiger partial charge is 0.242 e. The van der Waals surface area contributed by atoms with Gasteiger partial charge in [0.05, 0.1) is 18.3 Å². The highest BCUT2D eigenvalue weighted by atomic mass is 35.5. The lowest BCUT2D eigenvalue weighted by Gasteiger charge is -2.17. The Kier molecular flexibility index (Phi) is 5.52. The van der Waals surface area contributed by atoms with E-state index in [-0.39, 0.29) is 11.9 Å². The molecule has 114 valence electrons. The highest BCUT2D eigenvalue weighted by Crippen LogP contribution is 2.21. The molecule has 0 radical (unpaired) electrons. The molecule has 7 heteroatoms. The van der Waals surface area contributed by atoms with Gasteiger partial charge in [-0.2, -0.15) is 0 Å². The van der Waals surface area contributed by atoms with E-state index in [2.05, 4.69) is 15.3 Å². The first kappa shape index (κ1) is 15.7. The molecule has 21 heavy (non-hydrogen) atoms. The zero-order chi connectivity index (χ0) is 15.2. The van der Waals surface area contributed by atoms with Gasteiger partial charge in [0.25, 0.3) is 0 Å². The SMILES string of the molecule is COCCNC(=O)C(C)n1c(CCCl)nc2cnccc21. The minimum absolute atomic E-state index is 0.0704. The van der Waals surface area contributed by atoms with Crippen LogP contribution in [-0.2, 0) is 16.0 Å². The van der Waals surface area contributed by atoms with Crippen molar-refractivity contribution in [3.05, 3.63) is 24.3 Å². The van der Waals surface area contributed by atoms with Crippen molar-refractivity contribution in [3.8, 4) is 0 Å². The summed E-state index contributed by atoms with van der Waals surface area (Å²) < 4.78 is 6.85. The number of rotatable bonds is 7. The van der Waals surface area contributed by atoms with Crippen LogP contribution in [0, 0.1) is 0 Å². The van der Waals surface area contributed by atoms with Crippen molar-refractivity contribution in [1.29, 1.82) is 0 Å².